The Hall–Kier alpha value is -4.03. The molecule has 2 heterocycles. The zero-order valence-corrected chi connectivity index (χ0v) is 17.1. The van der Waals surface area contributed by atoms with E-state index in [1.54, 1.807) is 20.8 Å². The number of alkyl halides is 3. The van der Waals surface area contributed by atoms with Gasteiger partial charge in [0.15, 0.2) is 28.6 Å². The van der Waals surface area contributed by atoms with Crippen LogP contribution in [0.15, 0.2) is 18.2 Å². The number of hydrogen-bond donors (Lipinski definition) is 3. The molecule has 0 aliphatic heterocycles. The minimum absolute atomic E-state index is 0.0219. The molecule has 10 nitrogen and oxygen atoms in total. The molecule has 6 N–H and O–H groups in total. The van der Waals surface area contributed by atoms with Gasteiger partial charge in [0.2, 0.25) is 5.95 Å². The van der Waals surface area contributed by atoms with Crippen molar-refractivity contribution in [2.24, 2.45) is 5.41 Å². The van der Waals surface area contributed by atoms with Gasteiger partial charge in [-0.15, -0.1) is 0 Å². The number of ketones is 1. The number of halogens is 3. The number of esters is 1. The van der Waals surface area contributed by atoms with Crippen LogP contribution in [0.4, 0.5) is 30.8 Å². The van der Waals surface area contributed by atoms with Gasteiger partial charge in [0, 0.05) is 16.5 Å². The van der Waals surface area contributed by atoms with Crippen LogP contribution in [0.3, 0.4) is 0 Å². The van der Waals surface area contributed by atoms with Crippen LogP contribution in [0, 0.1) is 5.41 Å². The number of Topliss-reactive ketones (excluding diaryl/α,β-unsaturated/α-hetero) is 1. The van der Waals surface area contributed by atoms with E-state index in [4.69, 9.17) is 17.2 Å². The molecule has 0 spiro atoms. The number of rotatable bonds is 3. The molecule has 0 saturated carbocycles. The average Bonchev–Trinajstić information content (AvgIpc) is 2.65. The Morgan fingerprint density at radius 3 is 2.19 bits per heavy atom. The van der Waals surface area contributed by atoms with Gasteiger partial charge in [-0.2, -0.15) is 23.1 Å². The van der Waals surface area contributed by atoms with Crippen molar-refractivity contribution in [1.82, 2.24) is 19.9 Å². The summed E-state index contributed by atoms with van der Waals surface area (Å²) in [6, 6.07) is 3.61. The van der Waals surface area contributed by atoms with E-state index in [2.05, 4.69) is 24.7 Å². The molecule has 168 valence electrons. The van der Waals surface area contributed by atoms with Crippen molar-refractivity contribution in [2.75, 3.05) is 17.2 Å². The summed E-state index contributed by atoms with van der Waals surface area (Å²) in [6.07, 6.45) is -5.28. The first-order chi connectivity index (χ1) is 14.7. The predicted octanol–water partition coefficient (Wildman–Crippen LogP) is 2.53. The summed E-state index contributed by atoms with van der Waals surface area (Å²) in [7, 11) is 0. The highest BCUT2D eigenvalue weighted by atomic mass is 19.4. The molecule has 1 aromatic carbocycles. The molecule has 0 fully saturated rings. The number of ether oxygens (including phenoxy) is 1. The fourth-order valence-corrected chi connectivity index (χ4v) is 2.73. The minimum Gasteiger partial charge on any atom is -0.419 e. The number of aromatic nitrogens is 4. The van der Waals surface area contributed by atoms with Gasteiger partial charge < -0.3 is 21.9 Å². The number of carbonyl (C=O) groups excluding carboxylic acids is 2. The van der Waals surface area contributed by atoms with E-state index in [1.165, 1.54) is 12.1 Å². The van der Waals surface area contributed by atoms with Gasteiger partial charge in [-0.3, -0.25) is 4.79 Å². The Morgan fingerprint density at radius 2 is 1.59 bits per heavy atom. The Balaban J connectivity index is 2.24. The molecular weight excluding hydrogens is 431 g/mol. The highest BCUT2D eigenvalue weighted by molar-refractivity contribution is 6.01. The van der Waals surface area contributed by atoms with Gasteiger partial charge in [-0.1, -0.05) is 26.8 Å². The second-order valence-corrected chi connectivity index (χ2v) is 7.77. The molecule has 0 radical (unpaired) electrons. The van der Waals surface area contributed by atoms with Crippen LogP contribution in [0.5, 0.6) is 5.75 Å². The van der Waals surface area contributed by atoms with Crippen molar-refractivity contribution in [3.05, 3.63) is 23.8 Å². The fourth-order valence-electron chi connectivity index (χ4n) is 2.73. The third-order valence-corrected chi connectivity index (χ3v) is 4.22. The maximum absolute atomic E-state index is 12.9. The van der Waals surface area contributed by atoms with Crippen LogP contribution in [-0.2, 0) is 4.79 Å². The zero-order valence-electron chi connectivity index (χ0n) is 17.1. The number of anilines is 3. The predicted molar refractivity (Wildman–Crippen MR) is 109 cm³/mol. The van der Waals surface area contributed by atoms with Gasteiger partial charge in [0.1, 0.15) is 11.4 Å². The third kappa shape index (κ3) is 4.36. The highest BCUT2D eigenvalue weighted by Crippen LogP contribution is 2.36. The second kappa shape index (κ2) is 7.59. The average molecular weight is 449 g/mol. The van der Waals surface area contributed by atoms with Gasteiger partial charge in [-0.05, 0) is 12.1 Å². The summed E-state index contributed by atoms with van der Waals surface area (Å²) in [5, 5.41) is 0. The lowest BCUT2D eigenvalue weighted by atomic mass is 9.86. The van der Waals surface area contributed by atoms with Gasteiger partial charge in [-0.25, -0.2) is 14.8 Å². The van der Waals surface area contributed by atoms with E-state index >= 15 is 0 Å². The highest BCUT2D eigenvalue weighted by Gasteiger charge is 2.42. The van der Waals surface area contributed by atoms with E-state index in [0.717, 1.165) is 6.07 Å². The zero-order chi connectivity index (χ0) is 24.0. The summed E-state index contributed by atoms with van der Waals surface area (Å²) in [5.41, 5.74) is 16.1. The molecule has 32 heavy (non-hydrogen) atoms. The number of nitrogens with two attached hydrogens (primary N) is 3. The molecule has 13 heteroatoms. The van der Waals surface area contributed by atoms with Crippen molar-refractivity contribution >= 4 is 40.5 Å². The van der Waals surface area contributed by atoms with Crippen molar-refractivity contribution in [1.29, 1.82) is 0 Å². The molecule has 3 aromatic rings. The molecule has 3 rings (SSSR count). The minimum atomic E-state index is -5.28. The Morgan fingerprint density at radius 1 is 0.938 bits per heavy atom. The van der Waals surface area contributed by atoms with Crippen LogP contribution in [0.2, 0.25) is 0 Å². The first kappa shape index (κ1) is 22.7. The number of nitrogens with zero attached hydrogens (tertiary/aromatic N) is 4. The molecule has 0 saturated heterocycles. The summed E-state index contributed by atoms with van der Waals surface area (Å²) in [5.74, 6) is -4.04. The Labute approximate surface area is 179 Å². The van der Waals surface area contributed by atoms with Crippen LogP contribution in [0.25, 0.3) is 22.4 Å². The van der Waals surface area contributed by atoms with Crippen LogP contribution in [-0.4, -0.2) is 37.9 Å². The first-order valence-corrected chi connectivity index (χ1v) is 9.03. The lowest BCUT2D eigenvalue weighted by Gasteiger charge is -2.18. The number of carbonyl (C=O) groups is 2. The lowest BCUT2D eigenvalue weighted by Crippen LogP contribution is -2.28. The molecule has 2 aromatic heterocycles. The van der Waals surface area contributed by atoms with Crippen molar-refractivity contribution < 1.29 is 27.5 Å². The normalized spacial score (nSPS) is 12.1. The largest absolute Gasteiger partial charge is 0.491 e. The molecule has 0 unspecified atom stereocenters. The maximum Gasteiger partial charge on any atom is 0.491 e. The quantitative estimate of drug-likeness (QED) is 0.306. The molecule has 0 aliphatic carbocycles. The van der Waals surface area contributed by atoms with E-state index in [-0.39, 0.29) is 51.4 Å². The SMILES string of the molecule is CC(C)(C)C(=O)c1ccc(-c2nc3c(N)nc(N)nc3nc2N)c(OC(=O)C(F)(F)F)c1. The Bertz CT molecular complexity index is 1250. The summed E-state index contributed by atoms with van der Waals surface area (Å²) in [4.78, 5) is 40.0. The lowest BCUT2D eigenvalue weighted by molar-refractivity contribution is -0.189. The Kier molecular flexibility index (Phi) is 5.37. The fraction of sp³-hybridized carbons (Fsp3) is 0.263. The van der Waals surface area contributed by atoms with Crippen molar-refractivity contribution in [2.45, 2.75) is 26.9 Å². The van der Waals surface area contributed by atoms with Gasteiger partial charge in [0.25, 0.3) is 0 Å². The monoisotopic (exact) mass is 449 g/mol. The third-order valence-electron chi connectivity index (χ3n) is 4.22. The van der Waals surface area contributed by atoms with Crippen LogP contribution in [0.1, 0.15) is 31.1 Å². The van der Waals surface area contributed by atoms with Crippen molar-refractivity contribution in [3.8, 4) is 17.0 Å². The standard InChI is InChI=1S/C19H18F3N7O3/c1-18(2,3)12(30)7-4-5-8(9(6-7)32-16(31)19(20,21)22)10-13(23)27-15-11(26-10)14(24)28-17(25)29-15/h4-6H,1-3H3,(H6,23,24,25,27,28,29). The van der Waals surface area contributed by atoms with E-state index in [1.807, 2.05) is 0 Å². The van der Waals surface area contributed by atoms with E-state index < -0.39 is 23.3 Å². The van der Waals surface area contributed by atoms with Crippen LogP contribution < -0.4 is 21.9 Å². The molecule has 0 bridgehead atoms. The van der Waals surface area contributed by atoms with Gasteiger partial charge in [0.05, 0.1) is 0 Å². The van der Waals surface area contributed by atoms with E-state index in [9.17, 15) is 22.8 Å². The molecular formula is C19H18F3N7O3. The number of fused-ring (bicyclic) bond motifs is 1. The van der Waals surface area contributed by atoms with Crippen molar-refractivity contribution in [3.63, 3.8) is 0 Å². The maximum atomic E-state index is 12.9. The number of hydrogen-bond acceptors (Lipinski definition) is 10. The first-order valence-electron chi connectivity index (χ1n) is 9.03. The smallest absolute Gasteiger partial charge is 0.419 e. The number of benzene rings is 1. The molecule has 0 aliphatic rings. The molecule has 0 amide bonds. The summed E-state index contributed by atoms with van der Waals surface area (Å²) >= 11 is 0. The topological polar surface area (TPSA) is 173 Å². The van der Waals surface area contributed by atoms with Crippen LogP contribution >= 0.6 is 0 Å². The van der Waals surface area contributed by atoms with Gasteiger partial charge >= 0.3 is 12.1 Å². The second-order valence-electron chi connectivity index (χ2n) is 7.77. The summed E-state index contributed by atoms with van der Waals surface area (Å²) in [6.45, 7) is 4.89. The molecule has 0 atom stereocenters. The number of nitrogen functional groups attached to an aromatic ring is 3. The van der Waals surface area contributed by atoms with E-state index in [0.29, 0.717) is 0 Å². The summed E-state index contributed by atoms with van der Waals surface area (Å²) < 4.78 is 43.1.